The van der Waals surface area contributed by atoms with Gasteiger partial charge in [-0.25, -0.2) is 4.39 Å². The number of hydrogen-bond acceptors (Lipinski definition) is 2. The highest BCUT2D eigenvalue weighted by Gasteiger charge is 2.05. The Bertz CT molecular complexity index is 592. The Labute approximate surface area is 106 Å². The van der Waals surface area contributed by atoms with Gasteiger partial charge in [0.1, 0.15) is 17.3 Å². The molecule has 0 amide bonds. The summed E-state index contributed by atoms with van der Waals surface area (Å²) in [6.45, 7) is 0. The van der Waals surface area contributed by atoms with E-state index in [1.54, 1.807) is 30.3 Å². The lowest BCUT2D eigenvalue weighted by Gasteiger charge is -2.07. The van der Waals surface area contributed by atoms with E-state index in [1.807, 2.05) is 6.07 Å². The molecule has 17 heavy (non-hydrogen) atoms. The van der Waals surface area contributed by atoms with Crippen LogP contribution in [-0.4, -0.2) is 0 Å². The number of halogens is 2. The van der Waals surface area contributed by atoms with E-state index in [2.05, 4.69) is 15.9 Å². The number of nitrogens with zero attached hydrogens (tertiary/aromatic N) is 1. The van der Waals surface area contributed by atoms with Crippen molar-refractivity contribution in [2.75, 3.05) is 0 Å². The third-order valence-electron chi connectivity index (χ3n) is 2.08. The van der Waals surface area contributed by atoms with Crippen molar-refractivity contribution in [2.24, 2.45) is 0 Å². The zero-order chi connectivity index (χ0) is 12.3. The van der Waals surface area contributed by atoms with E-state index in [0.29, 0.717) is 21.5 Å². The van der Waals surface area contributed by atoms with Gasteiger partial charge in [0.05, 0.1) is 16.1 Å². The molecule has 0 bridgehead atoms. The Morgan fingerprint density at radius 3 is 2.76 bits per heavy atom. The van der Waals surface area contributed by atoms with Crippen LogP contribution in [0.25, 0.3) is 0 Å². The van der Waals surface area contributed by atoms with Gasteiger partial charge < -0.3 is 4.74 Å². The maximum atomic E-state index is 13.0. The van der Waals surface area contributed by atoms with Crippen LogP contribution in [0.5, 0.6) is 11.5 Å². The first-order valence-corrected chi connectivity index (χ1v) is 5.61. The van der Waals surface area contributed by atoms with E-state index in [0.717, 1.165) is 0 Å². The summed E-state index contributed by atoms with van der Waals surface area (Å²) in [6.07, 6.45) is 0. The molecule has 0 atom stereocenters. The van der Waals surface area contributed by atoms with Gasteiger partial charge in [-0.1, -0.05) is 6.07 Å². The highest BCUT2D eigenvalue weighted by molar-refractivity contribution is 9.10. The summed E-state index contributed by atoms with van der Waals surface area (Å²) in [6, 6.07) is 12.9. The van der Waals surface area contributed by atoms with Crippen molar-refractivity contribution in [3.63, 3.8) is 0 Å². The van der Waals surface area contributed by atoms with Gasteiger partial charge in [0, 0.05) is 6.07 Å². The average Bonchev–Trinajstić information content (AvgIpc) is 2.34. The van der Waals surface area contributed by atoms with E-state index in [9.17, 15) is 4.39 Å². The molecule has 0 unspecified atom stereocenters. The minimum atomic E-state index is -0.375. The summed E-state index contributed by atoms with van der Waals surface area (Å²) < 4.78 is 19.2. The molecule has 0 spiro atoms. The van der Waals surface area contributed by atoms with E-state index >= 15 is 0 Å². The van der Waals surface area contributed by atoms with E-state index in [4.69, 9.17) is 10.00 Å². The second-order valence-corrected chi connectivity index (χ2v) is 4.17. The summed E-state index contributed by atoms with van der Waals surface area (Å²) in [7, 11) is 0. The normalized spacial score (nSPS) is 9.71. The zero-order valence-electron chi connectivity index (χ0n) is 8.65. The van der Waals surface area contributed by atoms with Gasteiger partial charge in [0.2, 0.25) is 0 Å². The average molecular weight is 292 g/mol. The fraction of sp³-hybridized carbons (Fsp3) is 0. The van der Waals surface area contributed by atoms with Crippen LogP contribution in [0.3, 0.4) is 0 Å². The summed E-state index contributed by atoms with van der Waals surface area (Å²) in [5.41, 5.74) is 0.495. The van der Waals surface area contributed by atoms with Gasteiger partial charge in [0.25, 0.3) is 0 Å². The van der Waals surface area contributed by atoms with Gasteiger partial charge in [0.15, 0.2) is 0 Å². The molecule has 4 heteroatoms. The maximum Gasteiger partial charge on any atom is 0.144 e. The Hall–Kier alpha value is -1.86. The molecule has 0 saturated carbocycles. The standard InChI is InChI=1S/C13H7BrFNO/c14-12-5-4-10(15)7-13(12)17-11-3-1-2-9(6-11)8-16/h1-7H. The van der Waals surface area contributed by atoms with Gasteiger partial charge >= 0.3 is 0 Å². The molecule has 0 aliphatic rings. The molecular formula is C13H7BrFNO. The molecule has 0 fully saturated rings. The fourth-order valence-electron chi connectivity index (χ4n) is 1.31. The number of benzene rings is 2. The van der Waals surface area contributed by atoms with Crippen LogP contribution in [0, 0.1) is 17.1 Å². The summed E-state index contributed by atoms with van der Waals surface area (Å²) >= 11 is 3.27. The summed E-state index contributed by atoms with van der Waals surface area (Å²) in [5.74, 6) is 0.495. The lowest BCUT2D eigenvalue weighted by atomic mass is 10.2. The van der Waals surface area contributed by atoms with E-state index < -0.39 is 0 Å². The molecule has 0 saturated heterocycles. The molecular weight excluding hydrogens is 285 g/mol. The number of rotatable bonds is 2. The minimum Gasteiger partial charge on any atom is -0.456 e. The second-order valence-electron chi connectivity index (χ2n) is 3.32. The molecule has 2 nitrogen and oxygen atoms in total. The Morgan fingerprint density at radius 2 is 2.00 bits per heavy atom. The molecule has 0 aliphatic carbocycles. The predicted molar refractivity (Wildman–Crippen MR) is 65.3 cm³/mol. The molecule has 0 N–H and O–H groups in total. The summed E-state index contributed by atoms with van der Waals surface area (Å²) in [4.78, 5) is 0. The van der Waals surface area contributed by atoms with Crippen LogP contribution < -0.4 is 4.74 Å². The third kappa shape index (κ3) is 2.83. The minimum absolute atomic E-state index is 0.375. The number of nitriles is 1. The van der Waals surface area contributed by atoms with Crippen LogP contribution in [0.15, 0.2) is 46.9 Å². The largest absolute Gasteiger partial charge is 0.456 e. The van der Waals surface area contributed by atoms with Crippen LogP contribution in [0.2, 0.25) is 0 Å². The second kappa shape index (κ2) is 4.98. The van der Waals surface area contributed by atoms with Crippen LogP contribution in [-0.2, 0) is 0 Å². The van der Waals surface area contributed by atoms with Gasteiger partial charge in [-0.15, -0.1) is 0 Å². The molecule has 2 aromatic rings. The monoisotopic (exact) mass is 291 g/mol. The first-order chi connectivity index (χ1) is 8.19. The van der Waals surface area contributed by atoms with Crippen LogP contribution in [0.1, 0.15) is 5.56 Å². The Balaban J connectivity index is 2.31. The molecule has 2 aromatic carbocycles. The van der Waals surface area contributed by atoms with Crippen molar-refractivity contribution >= 4 is 15.9 Å². The van der Waals surface area contributed by atoms with Crippen LogP contribution in [0.4, 0.5) is 4.39 Å². The number of ether oxygens (including phenoxy) is 1. The highest BCUT2D eigenvalue weighted by atomic mass is 79.9. The molecule has 2 rings (SSSR count). The fourth-order valence-corrected chi connectivity index (χ4v) is 1.64. The smallest absolute Gasteiger partial charge is 0.144 e. The molecule has 0 heterocycles. The molecule has 84 valence electrons. The van der Waals surface area contributed by atoms with Gasteiger partial charge in [-0.05, 0) is 46.3 Å². The highest BCUT2D eigenvalue weighted by Crippen LogP contribution is 2.30. The van der Waals surface area contributed by atoms with Crippen LogP contribution >= 0.6 is 15.9 Å². The zero-order valence-corrected chi connectivity index (χ0v) is 10.2. The summed E-state index contributed by atoms with van der Waals surface area (Å²) in [5, 5.41) is 8.75. The van der Waals surface area contributed by atoms with Crippen molar-refractivity contribution in [2.45, 2.75) is 0 Å². The van der Waals surface area contributed by atoms with E-state index in [-0.39, 0.29) is 5.82 Å². The Kier molecular flexibility index (Phi) is 3.40. The molecule has 0 aliphatic heterocycles. The van der Waals surface area contributed by atoms with Crippen molar-refractivity contribution < 1.29 is 9.13 Å². The predicted octanol–water partition coefficient (Wildman–Crippen LogP) is 4.25. The Morgan fingerprint density at radius 1 is 1.18 bits per heavy atom. The first kappa shape index (κ1) is 11.6. The van der Waals surface area contributed by atoms with Crippen molar-refractivity contribution in [3.05, 3.63) is 58.3 Å². The van der Waals surface area contributed by atoms with Gasteiger partial charge in [-0.2, -0.15) is 5.26 Å². The topological polar surface area (TPSA) is 33.0 Å². The third-order valence-corrected chi connectivity index (χ3v) is 2.74. The van der Waals surface area contributed by atoms with Crippen molar-refractivity contribution in [1.82, 2.24) is 0 Å². The van der Waals surface area contributed by atoms with Crippen molar-refractivity contribution in [3.8, 4) is 17.6 Å². The molecule has 0 aromatic heterocycles. The lowest BCUT2D eigenvalue weighted by Crippen LogP contribution is -1.87. The van der Waals surface area contributed by atoms with E-state index in [1.165, 1.54) is 12.1 Å². The van der Waals surface area contributed by atoms with Gasteiger partial charge in [-0.3, -0.25) is 0 Å². The van der Waals surface area contributed by atoms with Crippen molar-refractivity contribution in [1.29, 1.82) is 5.26 Å². The number of hydrogen-bond donors (Lipinski definition) is 0. The SMILES string of the molecule is N#Cc1cccc(Oc2cc(F)ccc2Br)c1. The maximum absolute atomic E-state index is 13.0. The molecule has 0 radical (unpaired) electrons. The first-order valence-electron chi connectivity index (χ1n) is 4.82. The quantitative estimate of drug-likeness (QED) is 0.828. The lowest BCUT2D eigenvalue weighted by molar-refractivity contribution is 0.473.